The van der Waals surface area contributed by atoms with E-state index in [1.165, 1.54) is 6.07 Å². The van der Waals surface area contributed by atoms with Crippen molar-refractivity contribution in [1.82, 2.24) is 10.2 Å². The first-order valence-electron chi connectivity index (χ1n) is 9.39. The standard InChI is InChI=1S/C21H26FN3O2/c1-2-23-21(25-13-11-17(26)12-14-25)24-15-16-7-3-5-9-19(16)27-20-10-6-4-8-18(20)22/h3-10,17,26H,2,11-15H2,1H3,(H,23,24). The highest BCUT2D eigenvalue weighted by atomic mass is 19.1. The van der Waals surface area contributed by atoms with Crippen LogP contribution >= 0.6 is 0 Å². The van der Waals surface area contributed by atoms with E-state index in [0.717, 1.165) is 44.0 Å². The van der Waals surface area contributed by atoms with Crippen LogP contribution in [-0.2, 0) is 6.54 Å². The van der Waals surface area contributed by atoms with E-state index < -0.39 is 5.82 Å². The molecule has 5 nitrogen and oxygen atoms in total. The Kier molecular flexibility index (Phi) is 6.65. The van der Waals surface area contributed by atoms with Crippen molar-refractivity contribution >= 4 is 5.96 Å². The SMILES string of the molecule is CCNC(=NCc1ccccc1Oc1ccccc1F)N1CCC(O)CC1. The number of guanidine groups is 1. The first kappa shape index (κ1) is 19.2. The molecule has 2 N–H and O–H groups in total. The zero-order chi connectivity index (χ0) is 19.1. The summed E-state index contributed by atoms with van der Waals surface area (Å²) < 4.78 is 19.7. The first-order valence-corrected chi connectivity index (χ1v) is 9.39. The van der Waals surface area contributed by atoms with Gasteiger partial charge in [-0.15, -0.1) is 0 Å². The van der Waals surface area contributed by atoms with Gasteiger partial charge in [-0.05, 0) is 38.0 Å². The van der Waals surface area contributed by atoms with Gasteiger partial charge in [0.15, 0.2) is 17.5 Å². The number of piperidine rings is 1. The average Bonchev–Trinajstić information content (AvgIpc) is 2.69. The maximum absolute atomic E-state index is 13.9. The zero-order valence-corrected chi connectivity index (χ0v) is 15.6. The number of likely N-dealkylation sites (tertiary alicyclic amines) is 1. The Balaban J connectivity index is 1.75. The molecule has 27 heavy (non-hydrogen) atoms. The van der Waals surface area contributed by atoms with E-state index in [2.05, 4.69) is 10.2 Å². The molecule has 1 aliphatic heterocycles. The van der Waals surface area contributed by atoms with E-state index in [-0.39, 0.29) is 11.9 Å². The molecule has 1 heterocycles. The smallest absolute Gasteiger partial charge is 0.194 e. The van der Waals surface area contributed by atoms with Gasteiger partial charge in [0, 0.05) is 25.2 Å². The molecule has 1 aliphatic rings. The fourth-order valence-electron chi connectivity index (χ4n) is 3.04. The van der Waals surface area contributed by atoms with Crippen LogP contribution in [0.3, 0.4) is 0 Å². The second-order valence-corrected chi connectivity index (χ2v) is 6.53. The second kappa shape index (κ2) is 9.37. The molecular weight excluding hydrogens is 345 g/mol. The largest absolute Gasteiger partial charge is 0.454 e. The molecule has 1 saturated heterocycles. The molecule has 0 atom stereocenters. The number of para-hydroxylation sites is 2. The maximum Gasteiger partial charge on any atom is 0.194 e. The van der Waals surface area contributed by atoms with Crippen LogP contribution in [0.5, 0.6) is 11.5 Å². The molecule has 2 aromatic rings. The van der Waals surface area contributed by atoms with E-state index in [4.69, 9.17) is 9.73 Å². The van der Waals surface area contributed by atoms with Crippen LogP contribution in [0.1, 0.15) is 25.3 Å². The van der Waals surface area contributed by atoms with Gasteiger partial charge in [-0.2, -0.15) is 0 Å². The Morgan fingerprint density at radius 2 is 1.81 bits per heavy atom. The molecule has 0 amide bonds. The Bertz CT molecular complexity index is 774. The third kappa shape index (κ3) is 5.20. The number of ether oxygens (including phenoxy) is 1. The lowest BCUT2D eigenvalue weighted by Gasteiger charge is -2.32. The number of benzene rings is 2. The second-order valence-electron chi connectivity index (χ2n) is 6.53. The van der Waals surface area contributed by atoms with Crippen LogP contribution in [0.25, 0.3) is 0 Å². The number of aliphatic hydroxyl groups is 1. The van der Waals surface area contributed by atoms with Gasteiger partial charge in [0.05, 0.1) is 12.6 Å². The van der Waals surface area contributed by atoms with Gasteiger partial charge in [0.25, 0.3) is 0 Å². The number of aliphatic hydroxyl groups excluding tert-OH is 1. The highest BCUT2D eigenvalue weighted by molar-refractivity contribution is 5.80. The Hall–Kier alpha value is -2.60. The van der Waals surface area contributed by atoms with E-state index in [9.17, 15) is 9.50 Å². The van der Waals surface area contributed by atoms with Crippen LogP contribution in [0.4, 0.5) is 4.39 Å². The summed E-state index contributed by atoms with van der Waals surface area (Å²) in [4.78, 5) is 6.90. The summed E-state index contributed by atoms with van der Waals surface area (Å²) in [5, 5.41) is 13.0. The minimum absolute atomic E-state index is 0.200. The van der Waals surface area contributed by atoms with Crippen LogP contribution in [-0.4, -0.2) is 41.7 Å². The fourth-order valence-corrected chi connectivity index (χ4v) is 3.04. The van der Waals surface area contributed by atoms with Crippen LogP contribution in [0, 0.1) is 5.82 Å². The number of nitrogens with zero attached hydrogens (tertiary/aromatic N) is 2. The predicted molar refractivity (Wildman–Crippen MR) is 105 cm³/mol. The third-order valence-corrected chi connectivity index (χ3v) is 4.53. The Labute approximate surface area is 159 Å². The maximum atomic E-state index is 13.9. The fraction of sp³-hybridized carbons (Fsp3) is 0.381. The molecule has 3 rings (SSSR count). The summed E-state index contributed by atoms with van der Waals surface area (Å²) in [6.07, 6.45) is 1.27. The number of aliphatic imine (C=N–C) groups is 1. The van der Waals surface area contributed by atoms with E-state index in [1.54, 1.807) is 18.2 Å². The van der Waals surface area contributed by atoms with Crippen LogP contribution < -0.4 is 10.1 Å². The summed E-state index contributed by atoms with van der Waals surface area (Å²) in [5.41, 5.74) is 0.883. The van der Waals surface area contributed by atoms with Crippen molar-refractivity contribution in [1.29, 1.82) is 0 Å². The van der Waals surface area contributed by atoms with Gasteiger partial charge in [0.2, 0.25) is 0 Å². The molecular formula is C21H26FN3O2. The minimum atomic E-state index is -0.393. The minimum Gasteiger partial charge on any atom is -0.454 e. The van der Waals surface area contributed by atoms with Crippen molar-refractivity contribution in [2.75, 3.05) is 19.6 Å². The normalized spacial score (nSPS) is 15.7. The number of hydrogen-bond acceptors (Lipinski definition) is 3. The molecule has 1 fully saturated rings. The van der Waals surface area contributed by atoms with Gasteiger partial charge < -0.3 is 20.1 Å². The van der Waals surface area contributed by atoms with Crippen molar-refractivity contribution in [3.63, 3.8) is 0 Å². The lowest BCUT2D eigenvalue weighted by molar-refractivity contribution is 0.108. The van der Waals surface area contributed by atoms with E-state index in [1.807, 2.05) is 31.2 Å². The summed E-state index contributed by atoms with van der Waals surface area (Å²) in [5.74, 6) is 1.23. The first-order chi connectivity index (χ1) is 13.2. The number of nitrogens with one attached hydrogen (secondary N) is 1. The van der Waals surface area contributed by atoms with Crippen LogP contribution in [0.15, 0.2) is 53.5 Å². The predicted octanol–water partition coefficient (Wildman–Crippen LogP) is 3.54. The lowest BCUT2D eigenvalue weighted by Crippen LogP contribution is -2.46. The Morgan fingerprint density at radius 1 is 1.15 bits per heavy atom. The highest BCUT2D eigenvalue weighted by Crippen LogP contribution is 2.27. The third-order valence-electron chi connectivity index (χ3n) is 4.53. The molecule has 2 aromatic carbocycles. The number of halogens is 1. The van der Waals surface area contributed by atoms with Crippen LogP contribution in [0.2, 0.25) is 0 Å². The van der Waals surface area contributed by atoms with Crippen molar-refractivity contribution in [2.24, 2.45) is 4.99 Å². The number of rotatable bonds is 5. The molecule has 0 saturated carbocycles. The topological polar surface area (TPSA) is 57.1 Å². The van der Waals surface area contributed by atoms with E-state index >= 15 is 0 Å². The van der Waals surface area contributed by atoms with E-state index in [0.29, 0.717) is 12.3 Å². The van der Waals surface area contributed by atoms with Crippen molar-refractivity contribution in [2.45, 2.75) is 32.4 Å². The average molecular weight is 371 g/mol. The quantitative estimate of drug-likeness (QED) is 0.624. The van der Waals surface area contributed by atoms with Crippen molar-refractivity contribution < 1.29 is 14.2 Å². The summed E-state index contributed by atoms with van der Waals surface area (Å²) >= 11 is 0. The van der Waals surface area contributed by atoms with Gasteiger partial charge >= 0.3 is 0 Å². The molecule has 0 bridgehead atoms. The lowest BCUT2D eigenvalue weighted by atomic mass is 10.1. The summed E-state index contributed by atoms with van der Waals surface area (Å²) in [7, 11) is 0. The number of hydrogen-bond donors (Lipinski definition) is 2. The van der Waals surface area contributed by atoms with Crippen molar-refractivity contribution in [3.05, 3.63) is 59.9 Å². The molecule has 6 heteroatoms. The summed E-state index contributed by atoms with van der Waals surface area (Å²) in [6.45, 7) is 4.78. The zero-order valence-electron chi connectivity index (χ0n) is 15.6. The molecule has 0 spiro atoms. The van der Waals surface area contributed by atoms with Gasteiger partial charge in [-0.25, -0.2) is 9.38 Å². The van der Waals surface area contributed by atoms with Crippen molar-refractivity contribution in [3.8, 4) is 11.5 Å². The molecule has 0 unspecified atom stereocenters. The Morgan fingerprint density at radius 3 is 2.52 bits per heavy atom. The van der Waals surface area contributed by atoms with Gasteiger partial charge in [0.1, 0.15) is 5.75 Å². The summed E-state index contributed by atoms with van der Waals surface area (Å²) in [6, 6.07) is 13.9. The van der Waals surface area contributed by atoms with Gasteiger partial charge in [-0.1, -0.05) is 30.3 Å². The molecule has 144 valence electrons. The van der Waals surface area contributed by atoms with Gasteiger partial charge in [-0.3, -0.25) is 0 Å². The molecule has 0 aliphatic carbocycles. The highest BCUT2D eigenvalue weighted by Gasteiger charge is 2.19. The monoisotopic (exact) mass is 371 g/mol. The molecule has 0 radical (unpaired) electrons. The molecule has 0 aromatic heterocycles.